The van der Waals surface area contributed by atoms with Gasteiger partial charge in [-0.3, -0.25) is 4.98 Å². The van der Waals surface area contributed by atoms with E-state index in [4.69, 9.17) is 11.1 Å². The Hall–Kier alpha value is -2.45. The lowest BCUT2D eigenvalue weighted by atomic mass is 10.4. The summed E-state index contributed by atoms with van der Waals surface area (Å²) in [5.41, 5.74) is 13.2. The van der Waals surface area contributed by atoms with Crippen LogP contribution in [0.2, 0.25) is 0 Å². The number of rotatable bonds is 4. The third-order valence-electron chi connectivity index (χ3n) is 1.11. The van der Waals surface area contributed by atoms with Crippen LogP contribution in [0.3, 0.4) is 0 Å². The normalized spacial score (nSPS) is 11.6. The summed E-state index contributed by atoms with van der Waals surface area (Å²) >= 11 is 0. The lowest BCUT2D eigenvalue weighted by molar-refractivity contribution is -0.530. The zero-order valence-electron chi connectivity index (χ0n) is 6.86. The Morgan fingerprint density at radius 2 is 2.21 bits per heavy atom. The molecule has 0 spiro atoms. The van der Waals surface area contributed by atoms with Crippen molar-refractivity contribution in [1.29, 1.82) is 11.1 Å². The van der Waals surface area contributed by atoms with Crippen LogP contribution in [0.4, 0.5) is 5.69 Å². The lowest BCUT2D eigenvalue weighted by Crippen LogP contribution is -1.91. The molecule has 1 rings (SSSR count). The van der Waals surface area contributed by atoms with E-state index < -0.39 is 0 Å². The smallest absolute Gasteiger partial charge is 0.181 e. The van der Waals surface area contributed by atoms with Crippen molar-refractivity contribution in [3.8, 4) is 0 Å². The van der Waals surface area contributed by atoms with Gasteiger partial charge in [-0.1, -0.05) is 0 Å². The van der Waals surface area contributed by atoms with Gasteiger partial charge in [-0.2, -0.15) is 5.53 Å². The summed E-state index contributed by atoms with van der Waals surface area (Å²) < 4.78 is 0. The summed E-state index contributed by atoms with van der Waals surface area (Å²) in [5.74, 6) is 0. The van der Waals surface area contributed by atoms with E-state index in [9.17, 15) is 0 Å². The van der Waals surface area contributed by atoms with E-state index in [1.165, 1.54) is 6.20 Å². The van der Waals surface area contributed by atoms with Crippen LogP contribution in [0.5, 0.6) is 0 Å². The van der Waals surface area contributed by atoms with Crippen LogP contribution >= 0.6 is 0 Å². The second kappa shape index (κ2) is 5.24. The molecule has 0 amide bonds. The fraction of sp³-hybridized carbons (Fsp3) is 0. The first-order valence-electron chi connectivity index (χ1n) is 3.36. The molecule has 0 saturated carbocycles. The molecule has 14 heavy (non-hydrogen) atoms. The van der Waals surface area contributed by atoms with Crippen molar-refractivity contribution < 1.29 is 4.81 Å². The van der Waals surface area contributed by atoms with E-state index in [-0.39, 0.29) is 0 Å². The van der Waals surface area contributed by atoms with Gasteiger partial charge in [0, 0.05) is 6.20 Å². The molecule has 0 unspecified atom stereocenters. The van der Waals surface area contributed by atoms with Crippen molar-refractivity contribution >= 4 is 5.69 Å². The van der Waals surface area contributed by atoms with Gasteiger partial charge in [0.1, 0.15) is 21.9 Å². The minimum Gasteiger partial charge on any atom is -0.251 e. The van der Waals surface area contributed by atoms with Crippen LogP contribution in [0.25, 0.3) is 0 Å². The van der Waals surface area contributed by atoms with Gasteiger partial charge in [-0.25, -0.2) is 0 Å². The van der Waals surface area contributed by atoms with Gasteiger partial charge in [0.05, 0.1) is 5.22 Å². The standard InChI is InChI=1S/C5H5N9/c6-9-11-13-14(12-10-7)5-2-1-3-8-4-5/h1-3,6-7H/q+1. The lowest BCUT2D eigenvalue weighted by Gasteiger charge is -1.89. The number of pyridine rings is 1. The van der Waals surface area contributed by atoms with Crippen LogP contribution in [0.1, 0.15) is 0 Å². The molecule has 0 aliphatic heterocycles. The Balaban J connectivity index is 3.01. The molecule has 0 atom stereocenters. The molecule has 0 aromatic carbocycles. The molecule has 0 saturated heterocycles. The molecule has 0 fully saturated rings. The van der Waals surface area contributed by atoms with Crippen LogP contribution in [-0.2, 0) is 0 Å². The van der Waals surface area contributed by atoms with Crippen molar-refractivity contribution in [1.82, 2.24) is 4.98 Å². The van der Waals surface area contributed by atoms with E-state index >= 15 is 0 Å². The maximum absolute atomic E-state index is 6.52. The number of aromatic nitrogens is 1. The van der Waals surface area contributed by atoms with Crippen LogP contribution in [-0.4, -0.2) is 9.79 Å². The Morgan fingerprint density at radius 1 is 1.36 bits per heavy atom. The van der Waals surface area contributed by atoms with Crippen molar-refractivity contribution in [2.75, 3.05) is 0 Å². The summed E-state index contributed by atoms with van der Waals surface area (Å²) in [5, 5.41) is 15.1. The highest BCUT2D eigenvalue weighted by atomic mass is 15.7. The fourth-order valence-corrected chi connectivity index (χ4v) is 0.644. The van der Waals surface area contributed by atoms with E-state index in [1.54, 1.807) is 12.1 Å². The topological polar surface area (TPSA) is 125 Å². The van der Waals surface area contributed by atoms with Gasteiger partial charge in [-0.05, 0) is 16.9 Å². The highest BCUT2D eigenvalue weighted by Gasteiger charge is 2.04. The minimum absolute atomic E-state index is 0.343. The Kier molecular flexibility index (Phi) is 3.61. The molecular weight excluding hydrogens is 186 g/mol. The van der Waals surface area contributed by atoms with E-state index in [0.29, 0.717) is 5.69 Å². The van der Waals surface area contributed by atoms with Crippen LogP contribution in [0.15, 0.2) is 44.4 Å². The third-order valence-corrected chi connectivity index (χ3v) is 1.11. The summed E-state index contributed by atoms with van der Waals surface area (Å²) in [7, 11) is 0. The Labute approximate surface area is 78.1 Å². The van der Waals surface area contributed by atoms with Gasteiger partial charge < -0.3 is 0 Å². The molecule has 0 aliphatic carbocycles. The Bertz CT molecular complexity index is 366. The minimum atomic E-state index is 0.343. The zero-order valence-corrected chi connectivity index (χ0v) is 6.86. The van der Waals surface area contributed by atoms with Crippen LogP contribution < -0.4 is 0 Å². The SMILES string of the molecule is N=NN=N[N+](=NN=N)c1[c]nccc1. The van der Waals surface area contributed by atoms with Gasteiger partial charge in [0.2, 0.25) is 0 Å². The highest BCUT2D eigenvalue weighted by molar-refractivity contribution is 5.21. The summed E-state index contributed by atoms with van der Waals surface area (Å²) in [6.45, 7) is 0. The summed E-state index contributed by atoms with van der Waals surface area (Å²) in [6.07, 6.45) is 4.06. The average Bonchev–Trinajstić information content (AvgIpc) is 2.25. The van der Waals surface area contributed by atoms with Gasteiger partial charge >= 0.3 is 0 Å². The van der Waals surface area contributed by atoms with E-state index in [1.807, 2.05) is 0 Å². The molecule has 0 bridgehead atoms. The van der Waals surface area contributed by atoms with E-state index in [2.05, 4.69) is 37.3 Å². The van der Waals surface area contributed by atoms with Crippen LogP contribution in [0, 0.1) is 17.3 Å². The molecule has 0 aliphatic rings. The number of hydrogen-bond acceptors (Lipinski definition) is 3. The van der Waals surface area contributed by atoms with Crippen molar-refractivity contribution in [3.63, 3.8) is 0 Å². The predicted octanol–water partition coefficient (Wildman–Crippen LogP) is 2.24. The Morgan fingerprint density at radius 3 is 2.79 bits per heavy atom. The molecule has 1 aromatic rings. The molecule has 69 valence electrons. The van der Waals surface area contributed by atoms with E-state index in [0.717, 1.165) is 4.81 Å². The van der Waals surface area contributed by atoms with Gasteiger partial charge in [0.15, 0.2) is 10.9 Å². The average molecular weight is 191 g/mol. The molecule has 1 radical (unpaired) electrons. The first-order chi connectivity index (χ1) is 6.88. The number of nitrogens with zero attached hydrogens (tertiary/aromatic N) is 7. The largest absolute Gasteiger partial charge is 0.251 e. The second-order valence-electron chi connectivity index (χ2n) is 1.89. The number of hydrogen-bond donors (Lipinski definition) is 2. The van der Waals surface area contributed by atoms with Gasteiger partial charge in [0.25, 0.3) is 0 Å². The molecular formula is C5H5N9+. The van der Waals surface area contributed by atoms with Crippen molar-refractivity contribution in [3.05, 3.63) is 24.5 Å². The van der Waals surface area contributed by atoms with Gasteiger partial charge in [-0.15, -0.1) is 5.53 Å². The summed E-state index contributed by atoms with van der Waals surface area (Å²) in [4.78, 5) is 4.56. The molecule has 9 nitrogen and oxygen atoms in total. The van der Waals surface area contributed by atoms with Crippen molar-refractivity contribution in [2.45, 2.75) is 0 Å². The molecule has 9 heteroatoms. The fourth-order valence-electron chi connectivity index (χ4n) is 0.644. The third kappa shape index (κ3) is 2.55. The quantitative estimate of drug-likeness (QED) is 0.422. The molecule has 2 N–H and O–H groups in total. The highest BCUT2D eigenvalue weighted by Crippen LogP contribution is 2.09. The maximum atomic E-state index is 6.52. The first kappa shape index (κ1) is 9.64. The number of nitrogens with one attached hydrogen (secondary N) is 2. The zero-order chi connectivity index (χ0) is 10.2. The van der Waals surface area contributed by atoms with Crippen molar-refractivity contribution in [2.24, 2.45) is 26.1 Å². The summed E-state index contributed by atoms with van der Waals surface area (Å²) in [6, 6.07) is 3.22. The predicted molar refractivity (Wildman–Crippen MR) is 40.6 cm³/mol. The molecule has 1 aromatic heterocycles. The first-order valence-corrected chi connectivity index (χ1v) is 3.36. The second-order valence-corrected chi connectivity index (χ2v) is 1.89. The maximum Gasteiger partial charge on any atom is 0.181 e. The molecule has 1 heterocycles. The monoisotopic (exact) mass is 191 g/mol.